The van der Waals surface area contributed by atoms with E-state index in [9.17, 15) is 0 Å². The molecule has 2 nitrogen and oxygen atoms in total. The highest BCUT2D eigenvalue weighted by molar-refractivity contribution is 5.19. The third-order valence-corrected chi connectivity index (χ3v) is 4.74. The predicted molar refractivity (Wildman–Crippen MR) is 80.1 cm³/mol. The number of hydrogen-bond acceptors (Lipinski definition) is 2. The Hall–Kier alpha value is -0.860. The standard InChI is InChI=1S/C17H26N2/c1-13(2)8-17(14-6-4-3-5-7-14)19-11-15-9-18-10-16(15)12-19/h3-7,13,15-18H,8-12H2,1-2H3. The molecule has 0 amide bonds. The lowest BCUT2D eigenvalue weighted by Gasteiger charge is -2.30. The zero-order valence-corrected chi connectivity index (χ0v) is 12.2. The van der Waals surface area contributed by atoms with Gasteiger partial charge >= 0.3 is 0 Å². The fourth-order valence-corrected chi connectivity index (χ4v) is 3.76. The summed E-state index contributed by atoms with van der Waals surface area (Å²) in [5.41, 5.74) is 1.50. The maximum Gasteiger partial charge on any atom is 0.0350 e. The molecule has 2 fully saturated rings. The van der Waals surface area contributed by atoms with Gasteiger partial charge in [-0.1, -0.05) is 44.2 Å². The lowest BCUT2D eigenvalue weighted by atomic mass is 9.96. The molecule has 0 bridgehead atoms. The smallest absolute Gasteiger partial charge is 0.0350 e. The van der Waals surface area contributed by atoms with Gasteiger partial charge in [0.15, 0.2) is 0 Å². The van der Waals surface area contributed by atoms with E-state index in [2.05, 4.69) is 54.4 Å². The van der Waals surface area contributed by atoms with Gasteiger partial charge < -0.3 is 5.32 Å². The zero-order valence-electron chi connectivity index (χ0n) is 12.2. The van der Waals surface area contributed by atoms with Crippen LogP contribution in [0, 0.1) is 17.8 Å². The average Bonchev–Trinajstić information content (AvgIpc) is 2.97. The first-order valence-corrected chi connectivity index (χ1v) is 7.73. The summed E-state index contributed by atoms with van der Waals surface area (Å²) >= 11 is 0. The van der Waals surface area contributed by atoms with Crippen molar-refractivity contribution in [2.45, 2.75) is 26.3 Å². The van der Waals surface area contributed by atoms with Crippen LogP contribution in [0.5, 0.6) is 0 Å². The van der Waals surface area contributed by atoms with E-state index in [0.717, 1.165) is 17.8 Å². The Morgan fingerprint density at radius 3 is 2.32 bits per heavy atom. The van der Waals surface area contributed by atoms with E-state index in [0.29, 0.717) is 6.04 Å². The monoisotopic (exact) mass is 258 g/mol. The van der Waals surface area contributed by atoms with Crippen LogP contribution < -0.4 is 5.32 Å². The van der Waals surface area contributed by atoms with Gasteiger partial charge in [-0.3, -0.25) is 4.90 Å². The number of fused-ring (bicyclic) bond motifs is 1. The van der Waals surface area contributed by atoms with Crippen molar-refractivity contribution in [3.63, 3.8) is 0 Å². The molecule has 0 aromatic heterocycles. The molecule has 1 aromatic carbocycles. The minimum Gasteiger partial charge on any atom is -0.316 e. The quantitative estimate of drug-likeness (QED) is 0.893. The van der Waals surface area contributed by atoms with Gasteiger partial charge in [-0.25, -0.2) is 0 Å². The molecule has 1 N–H and O–H groups in total. The van der Waals surface area contributed by atoms with Crippen LogP contribution in [-0.4, -0.2) is 31.1 Å². The maximum absolute atomic E-state index is 3.54. The summed E-state index contributed by atoms with van der Waals surface area (Å²) in [7, 11) is 0. The number of likely N-dealkylation sites (tertiary alicyclic amines) is 1. The number of hydrogen-bond donors (Lipinski definition) is 1. The van der Waals surface area contributed by atoms with Crippen LogP contribution >= 0.6 is 0 Å². The summed E-state index contributed by atoms with van der Waals surface area (Å²) in [5.74, 6) is 2.53. The minimum atomic E-state index is 0.617. The fraction of sp³-hybridized carbons (Fsp3) is 0.647. The summed E-state index contributed by atoms with van der Waals surface area (Å²) in [5, 5.41) is 3.54. The summed E-state index contributed by atoms with van der Waals surface area (Å²) in [4.78, 5) is 2.74. The van der Waals surface area contributed by atoms with Crippen LogP contribution in [0.2, 0.25) is 0 Å². The van der Waals surface area contributed by atoms with E-state index >= 15 is 0 Å². The van der Waals surface area contributed by atoms with Crippen molar-refractivity contribution < 1.29 is 0 Å². The van der Waals surface area contributed by atoms with Crippen LogP contribution in [0.15, 0.2) is 30.3 Å². The summed E-state index contributed by atoms with van der Waals surface area (Å²) in [6, 6.07) is 11.7. The molecule has 3 atom stereocenters. The first-order chi connectivity index (χ1) is 9.24. The molecule has 104 valence electrons. The number of rotatable bonds is 4. The van der Waals surface area contributed by atoms with Gasteiger partial charge in [0.25, 0.3) is 0 Å². The summed E-state index contributed by atoms with van der Waals surface area (Å²) in [6.45, 7) is 9.70. The normalized spacial score (nSPS) is 28.8. The van der Waals surface area contributed by atoms with Crippen molar-refractivity contribution in [2.75, 3.05) is 26.2 Å². The van der Waals surface area contributed by atoms with E-state index in [4.69, 9.17) is 0 Å². The molecule has 0 saturated carbocycles. The van der Waals surface area contributed by atoms with Crippen molar-refractivity contribution in [1.82, 2.24) is 10.2 Å². The molecule has 2 saturated heterocycles. The average molecular weight is 258 g/mol. The second-order valence-corrected chi connectivity index (χ2v) is 6.69. The van der Waals surface area contributed by atoms with Crippen molar-refractivity contribution in [3.8, 4) is 0 Å². The lowest BCUT2D eigenvalue weighted by molar-refractivity contribution is 0.200. The van der Waals surface area contributed by atoms with Crippen LogP contribution in [0.25, 0.3) is 0 Å². The predicted octanol–water partition coefficient (Wildman–Crippen LogP) is 2.93. The molecule has 2 aliphatic heterocycles. The Kier molecular flexibility index (Phi) is 3.90. The maximum atomic E-state index is 3.54. The molecule has 2 heteroatoms. The number of nitrogens with zero attached hydrogens (tertiary/aromatic N) is 1. The third kappa shape index (κ3) is 2.85. The van der Waals surface area contributed by atoms with E-state index in [-0.39, 0.29) is 0 Å². The Bertz CT molecular complexity index is 389. The van der Waals surface area contributed by atoms with E-state index in [1.165, 1.54) is 38.2 Å². The van der Waals surface area contributed by atoms with E-state index in [1.807, 2.05) is 0 Å². The Morgan fingerprint density at radius 2 is 1.74 bits per heavy atom. The Morgan fingerprint density at radius 1 is 1.11 bits per heavy atom. The molecule has 2 heterocycles. The minimum absolute atomic E-state index is 0.617. The van der Waals surface area contributed by atoms with Gasteiger partial charge in [-0.2, -0.15) is 0 Å². The lowest BCUT2D eigenvalue weighted by Crippen LogP contribution is -2.30. The highest BCUT2D eigenvalue weighted by Crippen LogP contribution is 2.36. The van der Waals surface area contributed by atoms with Gasteiger partial charge in [0.05, 0.1) is 0 Å². The largest absolute Gasteiger partial charge is 0.316 e. The molecule has 0 spiro atoms. The van der Waals surface area contributed by atoms with Crippen LogP contribution in [0.4, 0.5) is 0 Å². The summed E-state index contributed by atoms with van der Waals surface area (Å²) in [6.07, 6.45) is 1.27. The third-order valence-electron chi connectivity index (χ3n) is 4.74. The van der Waals surface area contributed by atoms with Crippen LogP contribution in [0.3, 0.4) is 0 Å². The van der Waals surface area contributed by atoms with Gasteiger partial charge in [-0.15, -0.1) is 0 Å². The van der Waals surface area contributed by atoms with Crippen molar-refractivity contribution in [2.24, 2.45) is 17.8 Å². The molecular formula is C17H26N2. The van der Waals surface area contributed by atoms with Crippen molar-refractivity contribution in [3.05, 3.63) is 35.9 Å². The molecule has 0 radical (unpaired) electrons. The molecule has 3 unspecified atom stereocenters. The van der Waals surface area contributed by atoms with Crippen molar-refractivity contribution >= 4 is 0 Å². The van der Waals surface area contributed by atoms with E-state index < -0.39 is 0 Å². The Balaban J connectivity index is 1.76. The molecule has 0 aliphatic carbocycles. The topological polar surface area (TPSA) is 15.3 Å². The van der Waals surface area contributed by atoms with Gasteiger partial charge in [-0.05, 0) is 42.8 Å². The first-order valence-electron chi connectivity index (χ1n) is 7.73. The second-order valence-electron chi connectivity index (χ2n) is 6.69. The van der Waals surface area contributed by atoms with E-state index in [1.54, 1.807) is 0 Å². The van der Waals surface area contributed by atoms with Gasteiger partial charge in [0.2, 0.25) is 0 Å². The van der Waals surface area contributed by atoms with Gasteiger partial charge in [0.1, 0.15) is 0 Å². The summed E-state index contributed by atoms with van der Waals surface area (Å²) < 4.78 is 0. The second kappa shape index (κ2) is 5.64. The molecule has 2 aliphatic rings. The SMILES string of the molecule is CC(C)CC(c1ccccc1)N1CC2CNCC2C1. The highest BCUT2D eigenvalue weighted by Gasteiger charge is 2.39. The highest BCUT2D eigenvalue weighted by atomic mass is 15.2. The van der Waals surface area contributed by atoms with Crippen LogP contribution in [-0.2, 0) is 0 Å². The molecule has 1 aromatic rings. The number of nitrogens with one attached hydrogen (secondary N) is 1. The molecule has 19 heavy (non-hydrogen) atoms. The molecular weight excluding hydrogens is 232 g/mol. The van der Waals surface area contributed by atoms with Crippen molar-refractivity contribution in [1.29, 1.82) is 0 Å². The molecule has 3 rings (SSSR count). The first kappa shape index (κ1) is 13.1. The fourth-order valence-electron chi connectivity index (χ4n) is 3.76. The zero-order chi connectivity index (χ0) is 13.2. The Labute approximate surface area is 117 Å². The number of benzene rings is 1. The van der Waals surface area contributed by atoms with Crippen LogP contribution in [0.1, 0.15) is 31.9 Å². The van der Waals surface area contributed by atoms with Gasteiger partial charge in [0, 0.05) is 19.1 Å².